The number of anilines is 1. The highest BCUT2D eigenvalue weighted by Gasteiger charge is 2.20. The molecule has 0 saturated carbocycles. The smallest absolute Gasteiger partial charge is 0.322 e. The van der Waals surface area contributed by atoms with Crippen molar-refractivity contribution in [1.29, 1.82) is 5.26 Å². The van der Waals surface area contributed by atoms with Gasteiger partial charge in [-0.3, -0.25) is 14.2 Å². The molecule has 9 heteroatoms. The van der Waals surface area contributed by atoms with Crippen molar-refractivity contribution >= 4 is 21.8 Å². The van der Waals surface area contributed by atoms with E-state index in [-0.39, 0.29) is 11.4 Å². The van der Waals surface area contributed by atoms with Crippen molar-refractivity contribution < 1.29 is 17.9 Å². The van der Waals surface area contributed by atoms with Gasteiger partial charge in [-0.05, 0) is 0 Å². The van der Waals surface area contributed by atoms with Crippen molar-refractivity contribution in [3.63, 3.8) is 0 Å². The first-order valence-corrected chi connectivity index (χ1v) is 6.04. The molecule has 0 aromatic carbocycles. The molecule has 1 aromatic heterocycles. The van der Waals surface area contributed by atoms with Crippen LogP contribution in [0.15, 0.2) is 6.20 Å². The number of esters is 1. The van der Waals surface area contributed by atoms with Crippen LogP contribution in [0.2, 0.25) is 0 Å². The zero-order valence-electron chi connectivity index (χ0n) is 9.17. The maximum atomic E-state index is 11.5. The normalized spacial score (nSPS) is 10.6. The van der Waals surface area contributed by atoms with Gasteiger partial charge in [0, 0.05) is 7.05 Å². The molecular weight excluding hydrogens is 248 g/mol. The average molecular weight is 258 g/mol. The van der Waals surface area contributed by atoms with Crippen molar-refractivity contribution in [3.8, 4) is 6.07 Å². The van der Waals surface area contributed by atoms with E-state index < -0.39 is 21.7 Å². The lowest BCUT2D eigenvalue weighted by Crippen LogP contribution is -2.25. The number of aromatic nitrogens is 2. The lowest BCUT2D eigenvalue weighted by atomic mass is 10.4. The monoisotopic (exact) mass is 258 g/mol. The van der Waals surface area contributed by atoms with Crippen LogP contribution in [-0.4, -0.2) is 37.0 Å². The van der Waals surface area contributed by atoms with E-state index in [2.05, 4.69) is 14.6 Å². The molecule has 0 spiro atoms. The summed E-state index contributed by atoms with van der Waals surface area (Å²) in [5.74, 6) is -1.70. The van der Waals surface area contributed by atoms with Crippen LogP contribution < -0.4 is 4.72 Å². The van der Waals surface area contributed by atoms with Crippen molar-refractivity contribution in [2.75, 3.05) is 17.6 Å². The molecule has 0 fully saturated rings. The quantitative estimate of drug-likeness (QED) is 0.707. The van der Waals surface area contributed by atoms with Gasteiger partial charge >= 0.3 is 5.97 Å². The third-order valence-electron chi connectivity index (χ3n) is 1.85. The summed E-state index contributed by atoms with van der Waals surface area (Å²) in [5, 5.41) is 12.4. The Kier molecular flexibility index (Phi) is 3.69. The molecule has 17 heavy (non-hydrogen) atoms. The van der Waals surface area contributed by atoms with Gasteiger partial charge in [-0.2, -0.15) is 10.4 Å². The average Bonchev–Trinajstić information content (AvgIpc) is 2.58. The summed E-state index contributed by atoms with van der Waals surface area (Å²) in [6.45, 7) is 0. The molecule has 8 nitrogen and oxygen atoms in total. The molecule has 0 amide bonds. The van der Waals surface area contributed by atoms with Gasteiger partial charge in [0.2, 0.25) is 10.0 Å². The Morgan fingerprint density at radius 2 is 2.35 bits per heavy atom. The molecule has 0 radical (unpaired) electrons. The third-order valence-corrected chi connectivity index (χ3v) is 2.97. The van der Waals surface area contributed by atoms with E-state index in [1.165, 1.54) is 17.9 Å². The predicted molar refractivity (Wildman–Crippen MR) is 57.3 cm³/mol. The second kappa shape index (κ2) is 4.84. The molecule has 0 aliphatic rings. The van der Waals surface area contributed by atoms with Crippen LogP contribution in [0.5, 0.6) is 0 Å². The van der Waals surface area contributed by atoms with Crippen LogP contribution in [0, 0.1) is 11.3 Å². The minimum Gasteiger partial charge on any atom is -0.468 e. The molecule has 0 saturated heterocycles. The van der Waals surface area contributed by atoms with E-state index in [0.29, 0.717) is 0 Å². The standard InChI is InChI=1S/C8H10N4O4S/c1-12-8(6(3-9)4-10-12)11-17(14,15)5-7(13)16-2/h4,11H,5H2,1-2H3. The van der Waals surface area contributed by atoms with E-state index in [4.69, 9.17) is 5.26 Å². The summed E-state index contributed by atoms with van der Waals surface area (Å²) >= 11 is 0. The number of rotatable bonds is 4. The molecular formula is C8H10N4O4S. The Balaban J connectivity index is 2.95. The Morgan fingerprint density at radius 1 is 1.71 bits per heavy atom. The molecule has 1 rings (SSSR count). The van der Waals surface area contributed by atoms with Crippen molar-refractivity contribution in [3.05, 3.63) is 11.8 Å². The molecule has 0 aliphatic heterocycles. The number of ether oxygens (including phenoxy) is 1. The zero-order chi connectivity index (χ0) is 13.1. The molecule has 0 unspecified atom stereocenters. The van der Waals surface area contributed by atoms with Crippen molar-refractivity contribution in [2.45, 2.75) is 0 Å². The first kappa shape index (κ1) is 13.0. The van der Waals surface area contributed by atoms with Crippen LogP contribution in [0.1, 0.15) is 5.56 Å². The molecule has 1 N–H and O–H groups in total. The lowest BCUT2D eigenvalue weighted by molar-refractivity contribution is -0.137. The summed E-state index contributed by atoms with van der Waals surface area (Å²) in [7, 11) is -1.35. The fourth-order valence-electron chi connectivity index (χ4n) is 1.04. The fourth-order valence-corrected chi connectivity index (χ4v) is 2.07. The van der Waals surface area contributed by atoms with Gasteiger partial charge in [-0.1, -0.05) is 0 Å². The summed E-state index contributed by atoms with van der Waals surface area (Å²) in [6.07, 6.45) is 1.22. The fraction of sp³-hybridized carbons (Fsp3) is 0.375. The Hall–Kier alpha value is -2.08. The van der Waals surface area contributed by atoms with Gasteiger partial charge in [-0.25, -0.2) is 8.42 Å². The van der Waals surface area contributed by atoms with Gasteiger partial charge in [0.05, 0.1) is 13.3 Å². The number of carbonyl (C=O) groups excluding carboxylic acids is 1. The van der Waals surface area contributed by atoms with E-state index >= 15 is 0 Å². The minimum atomic E-state index is -3.91. The summed E-state index contributed by atoms with van der Waals surface area (Å²) in [5.41, 5.74) is 0.0703. The Morgan fingerprint density at radius 3 is 2.88 bits per heavy atom. The molecule has 0 aliphatic carbocycles. The lowest BCUT2D eigenvalue weighted by Gasteiger charge is -2.07. The number of carbonyl (C=O) groups is 1. The summed E-state index contributed by atoms with van der Waals surface area (Å²) in [4.78, 5) is 10.9. The highest BCUT2D eigenvalue weighted by atomic mass is 32.2. The van der Waals surface area contributed by atoms with Crippen LogP contribution >= 0.6 is 0 Å². The van der Waals surface area contributed by atoms with E-state index in [0.717, 1.165) is 7.11 Å². The summed E-state index contributed by atoms with van der Waals surface area (Å²) in [6, 6.07) is 1.78. The van der Waals surface area contributed by atoms with Gasteiger partial charge in [0.1, 0.15) is 11.6 Å². The first-order valence-electron chi connectivity index (χ1n) is 4.39. The number of sulfonamides is 1. The Labute approximate surface area is 97.8 Å². The topological polar surface area (TPSA) is 114 Å². The SMILES string of the molecule is COC(=O)CS(=O)(=O)Nc1c(C#N)cnn1C. The number of hydrogen-bond donors (Lipinski definition) is 1. The number of nitriles is 1. The van der Waals surface area contributed by atoms with E-state index in [1.807, 2.05) is 0 Å². The highest BCUT2D eigenvalue weighted by Crippen LogP contribution is 2.14. The summed E-state index contributed by atoms with van der Waals surface area (Å²) < 4.78 is 30.6. The Bertz CT molecular complexity index is 569. The second-order valence-electron chi connectivity index (χ2n) is 3.08. The molecule has 0 bridgehead atoms. The number of nitrogens with zero attached hydrogens (tertiary/aromatic N) is 3. The molecule has 1 heterocycles. The maximum absolute atomic E-state index is 11.5. The van der Waals surface area contributed by atoms with Gasteiger partial charge in [0.15, 0.2) is 11.6 Å². The van der Waals surface area contributed by atoms with Crippen LogP contribution in [-0.2, 0) is 26.6 Å². The number of methoxy groups -OCH3 is 1. The zero-order valence-corrected chi connectivity index (χ0v) is 9.98. The molecule has 0 atom stereocenters. The van der Waals surface area contributed by atoms with E-state index in [1.54, 1.807) is 6.07 Å². The van der Waals surface area contributed by atoms with Crippen molar-refractivity contribution in [1.82, 2.24) is 9.78 Å². The van der Waals surface area contributed by atoms with Gasteiger partial charge in [0.25, 0.3) is 0 Å². The number of nitrogens with one attached hydrogen (secondary N) is 1. The van der Waals surface area contributed by atoms with E-state index in [9.17, 15) is 13.2 Å². The molecule has 1 aromatic rings. The number of aryl methyl sites for hydroxylation is 1. The van der Waals surface area contributed by atoms with Gasteiger partial charge in [-0.15, -0.1) is 0 Å². The first-order chi connectivity index (χ1) is 7.89. The predicted octanol–water partition coefficient (Wildman–Crippen LogP) is -0.794. The maximum Gasteiger partial charge on any atom is 0.322 e. The number of hydrogen-bond acceptors (Lipinski definition) is 6. The van der Waals surface area contributed by atoms with Gasteiger partial charge < -0.3 is 4.74 Å². The second-order valence-corrected chi connectivity index (χ2v) is 4.80. The van der Waals surface area contributed by atoms with Crippen LogP contribution in [0.25, 0.3) is 0 Å². The largest absolute Gasteiger partial charge is 0.468 e. The minimum absolute atomic E-state index is 0.0106. The molecule has 92 valence electrons. The highest BCUT2D eigenvalue weighted by molar-refractivity contribution is 7.93. The van der Waals surface area contributed by atoms with Crippen LogP contribution in [0.4, 0.5) is 5.82 Å². The van der Waals surface area contributed by atoms with Crippen LogP contribution in [0.3, 0.4) is 0 Å². The third kappa shape index (κ3) is 3.18. The van der Waals surface area contributed by atoms with Crippen molar-refractivity contribution in [2.24, 2.45) is 7.05 Å².